The number of rotatable bonds is 23. The number of esters is 1. The van der Waals surface area contributed by atoms with Crippen molar-refractivity contribution < 1.29 is 19.4 Å². The number of unbranched alkanes of at least 4 members (excludes halogenated alkanes) is 13. The van der Waals surface area contributed by atoms with Gasteiger partial charge in [-0.05, 0) is 51.9 Å². The molecule has 4 heteroatoms. The molecule has 0 aromatic carbocycles. The zero-order chi connectivity index (χ0) is 25.0. The molecule has 0 saturated heterocycles. The van der Waals surface area contributed by atoms with Gasteiger partial charge in [0, 0.05) is 6.42 Å². The first-order valence-corrected chi connectivity index (χ1v) is 14.2. The first kappa shape index (κ1) is 31.9. The maximum Gasteiger partial charge on any atom is 0.312 e. The van der Waals surface area contributed by atoms with Crippen LogP contribution in [-0.2, 0) is 14.3 Å². The Morgan fingerprint density at radius 1 is 0.697 bits per heavy atom. The fourth-order valence-corrected chi connectivity index (χ4v) is 4.30. The second-order valence-corrected chi connectivity index (χ2v) is 10.8. The number of carbonyl (C=O) groups excluding carboxylic acids is 1. The molecule has 0 aromatic heterocycles. The van der Waals surface area contributed by atoms with Crippen molar-refractivity contribution in [2.75, 3.05) is 0 Å². The number of hydrogen-bond donors (Lipinski definition) is 1. The fourth-order valence-electron chi connectivity index (χ4n) is 4.30. The molecule has 0 aliphatic heterocycles. The van der Waals surface area contributed by atoms with Crippen molar-refractivity contribution in [3.8, 4) is 0 Å². The van der Waals surface area contributed by atoms with E-state index in [1.165, 1.54) is 83.5 Å². The normalized spacial score (nSPS) is 13.6. The maximum absolute atomic E-state index is 13.0. The summed E-state index contributed by atoms with van der Waals surface area (Å²) < 4.78 is 6.06. The minimum absolute atomic E-state index is 0.000757. The van der Waals surface area contributed by atoms with Gasteiger partial charge >= 0.3 is 11.9 Å². The molecule has 0 fully saturated rings. The van der Waals surface area contributed by atoms with E-state index < -0.39 is 11.4 Å². The molecule has 0 amide bonds. The van der Waals surface area contributed by atoms with Crippen LogP contribution in [0.5, 0.6) is 0 Å². The van der Waals surface area contributed by atoms with Gasteiger partial charge in [0.2, 0.25) is 0 Å². The van der Waals surface area contributed by atoms with Crippen molar-refractivity contribution in [1.82, 2.24) is 0 Å². The average Bonchev–Trinajstić information content (AvgIpc) is 2.77. The van der Waals surface area contributed by atoms with E-state index in [2.05, 4.69) is 13.8 Å². The van der Waals surface area contributed by atoms with Crippen LogP contribution in [0.15, 0.2) is 0 Å². The smallest absolute Gasteiger partial charge is 0.312 e. The zero-order valence-electron chi connectivity index (χ0n) is 22.8. The Morgan fingerprint density at radius 2 is 1.09 bits per heavy atom. The number of aliphatic carboxylic acids is 1. The minimum Gasteiger partial charge on any atom is -0.481 e. The van der Waals surface area contributed by atoms with Crippen LogP contribution in [0.25, 0.3) is 0 Å². The Labute approximate surface area is 205 Å². The van der Waals surface area contributed by atoms with Crippen LogP contribution in [0.2, 0.25) is 0 Å². The maximum atomic E-state index is 13.0. The molecule has 196 valence electrons. The monoisotopic (exact) mass is 468 g/mol. The number of carbonyl (C=O) groups is 2. The number of hydrogen-bond acceptors (Lipinski definition) is 3. The van der Waals surface area contributed by atoms with Crippen molar-refractivity contribution in [1.29, 1.82) is 0 Å². The Bertz CT molecular complexity index is 486. The molecular weight excluding hydrogens is 412 g/mol. The summed E-state index contributed by atoms with van der Waals surface area (Å²) in [6.45, 7) is 10.3. The predicted molar refractivity (Wildman–Crippen MR) is 140 cm³/mol. The highest BCUT2D eigenvalue weighted by Crippen LogP contribution is 2.33. The number of carboxylic acid groups (broad SMARTS) is 1. The molecule has 0 bridgehead atoms. The molecular formula is C29H56O4. The summed E-state index contributed by atoms with van der Waals surface area (Å²) in [7, 11) is 0. The van der Waals surface area contributed by atoms with E-state index in [4.69, 9.17) is 9.84 Å². The van der Waals surface area contributed by atoms with Crippen molar-refractivity contribution in [2.45, 2.75) is 163 Å². The van der Waals surface area contributed by atoms with E-state index >= 15 is 0 Å². The second-order valence-electron chi connectivity index (χ2n) is 10.8. The van der Waals surface area contributed by atoms with Crippen LogP contribution in [0.4, 0.5) is 0 Å². The average molecular weight is 469 g/mol. The first-order chi connectivity index (χ1) is 15.8. The van der Waals surface area contributed by atoms with Gasteiger partial charge in [-0.2, -0.15) is 0 Å². The standard InChI is InChI=1S/C29H56O4/c1-6-8-10-12-14-16-18-20-22-26(21-19-17-15-13-11-9-7-2)33-28(32)29(4,5)25(3)23-24-27(30)31/h25-26H,6-24H2,1-5H3,(H,30,31). The van der Waals surface area contributed by atoms with E-state index in [1.807, 2.05) is 20.8 Å². The molecule has 0 aliphatic rings. The SMILES string of the molecule is CCCCCCCCCCC(CCCCCCCCC)OC(=O)C(C)(C)C(C)CCC(=O)O. The third kappa shape index (κ3) is 17.1. The third-order valence-electron chi connectivity index (χ3n) is 7.33. The molecule has 0 aliphatic carbocycles. The summed E-state index contributed by atoms with van der Waals surface area (Å²) >= 11 is 0. The Morgan fingerprint density at radius 3 is 1.48 bits per heavy atom. The van der Waals surface area contributed by atoms with Crippen LogP contribution < -0.4 is 0 Å². The molecule has 0 rings (SSSR count). The van der Waals surface area contributed by atoms with Crippen molar-refractivity contribution in [2.24, 2.45) is 11.3 Å². The largest absolute Gasteiger partial charge is 0.481 e. The molecule has 2 atom stereocenters. The topological polar surface area (TPSA) is 63.6 Å². The van der Waals surface area contributed by atoms with Crippen LogP contribution in [0.3, 0.4) is 0 Å². The van der Waals surface area contributed by atoms with E-state index in [0.717, 1.165) is 25.7 Å². The summed E-state index contributed by atoms with van der Waals surface area (Å²) in [5, 5.41) is 8.99. The van der Waals surface area contributed by atoms with Crippen LogP contribution in [0, 0.1) is 11.3 Å². The molecule has 1 N–H and O–H groups in total. The van der Waals surface area contributed by atoms with Gasteiger partial charge in [-0.15, -0.1) is 0 Å². The molecule has 4 nitrogen and oxygen atoms in total. The van der Waals surface area contributed by atoms with Gasteiger partial charge in [-0.3, -0.25) is 9.59 Å². The molecule has 33 heavy (non-hydrogen) atoms. The molecule has 0 aromatic rings. The number of ether oxygens (including phenoxy) is 1. The van der Waals surface area contributed by atoms with Gasteiger partial charge in [-0.25, -0.2) is 0 Å². The van der Waals surface area contributed by atoms with Gasteiger partial charge in [0.25, 0.3) is 0 Å². The Kier molecular flexibility index (Phi) is 19.7. The molecule has 0 spiro atoms. The lowest BCUT2D eigenvalue weighted by Gasteiger charge is -2.31. The zero-order valence-corrected chi connectivity index (χ0v) is 22.8. The highest BCUT2D eigenvalue weighted by molar-refractivity contribution is 5.76. The Balaban J connectivity index is 4.55. The van der Waals surface area contributed by atoms with Crippen LogP contribution in [-0.4, -0.2) is 23.1 Å². The van der Waals surface area contributed by atoms with Gasteiger partial charge in [0.05, 0.1) is 5.41 Å². The molecule has 0 heterocycles. The van der Waals surface area contributed by atoms with Crippen LogP contribution in [0.1, 0.15) is 157 Å². The van der Waals surface area contributed by atoms with Crippen LogP contribution >= 0.6 is 0 Å². The summed E-state index contributed by atoms with van der Waals surface area (Å²) in [5.41, 5.74) is -0.660. The van der Waals surface area contributed by atoms with Crippen molar-refractivity contribution >= 4 is 11.9 Å². The summed E-state index contributed by atoms with van der Waals surface area (Å²) in [4.78, 5) is 24.0. The number of carboxylic acids is 1. The minimum atomic E-state index is -0.808. The van der Waals surface area contributed by atoms with Gasteiger partial charge < -0.3 is 9.84 Å². The van der Waals surface area contributed by atoms with Gasteiger partial charge in [0.15, 0.2) is 0 Å². The van der Waals surface area contributed by atoms with Crippen molar-refractivity contribution in [3.05, 3.63) is 0 Å². The lowest BCUT2D eigenvalue weighted by Crippen LogP contribution is -2.36. The highest BCUT2D eigenvalue weighted by Gasteiger charge is 2.36. The predicted octanol–water partition coefficient (Wildman–Crippen LogP) is 9.10. The fraction of sp³-hybridized carbons (Fsp3) is 0.931. The molecule has 0 saturated carbocycles. The van der Waals surface area contributed by atoms with Gasteiger partial charge in [0.1, 0.15) is 6.10 Å². The van der Waals surface area contributed by atoms with Gasteiger partial charge in [-0.1, -0.05) is 104 Å². The highest BCUT2D eigenvalue weighted by atomic mass is 16.5. The molecule has 2 unspecified atom stereocenters. The lowest BCUT2D eigenvalue weighted by atomic mass is 9.77. The van der Waals surface area contributed by atoms with Crippen molar-refractivity contribution in [3.63, 3.8) is 0 Å². The summed E-state index contributed by atoms with van der Waals surface area (Å²) in [5.74, 6) is -0.992. The summed E-state index contributed by atoms with van der Waals surface area (Å²) in [6.07, 6.45) is 21.6. The third-order valence-corrected chi connectivity index (χ3v) is 7.33. The first-order valence-electron chi connectivity index (χ1n) is 14.2. The summed E-state index contributed by atoms with van der Waals surface area (Å²) in [6, 6.07) is 0. The lowest BCUT2D eigenvalue weighted by molar-refractivity contribution is -0.164. The molecule has 0 radical (unpaired) electrons. The van der Waals surface area contributed by atoms with E-state index in [0.29, 0.717) is 6.42 Å². The van der Waals surface area contributed by atoms with E-state index in [-0.39, 0.29) is 24.4 Å². The van der Waals surface area contributed by atoms with E-state index in [9.17, 15) is 9.59 Å². The quantitative estimate of drug-likeness (QED) is 0.120. The second kappa shape index (κ2) is 20.3. The van der Waals surface area contributed by atoms with E-state index in [1.54, 1.807) is 0 Å². The Hall–Kier alpha value is -1.06.